The highest BCUT2D eigenvalue weighted by molar-refractivity contribution is 7.15. The van der Waals surface area contributed by atoms with Crippen LogP contribution >= 0.6 is 22.7 Å². The Bertz CT molecular complexity index is 2390. The van der Waals surface area contributed by atoms with Gasteiger partial charge in [0.1, 0.15) is 22.1 Å². The summed E-state index contributed by atoms with van der Waals surface area (Å²) < 4.78 is 0. The number of nitrogens with zero attached hydrogens (tertiary/aromatic N) is 4. The maximum absolute atomic E-state index is 14.3. The van der Waals surface area contributed by atoms with Crippen molar-refractivity contribution in [3.05, 3.63) is 143 Å². The first-order valence-electron chi connectivity index (χ1n) is 23.6. The molecule has 2 N–H and O–H groups in total. The van der Waals surface area contributed by atoms with Crippen molar-refractivity contribution in [3.8, 4) is 32.0 Å². The monoisotopic (exact) mass is 920 g/mol. The van der Waals surface area contributed by atoms with Gasteiger partial charge in [-0.25, -0.2) is 9.97 Å². The van der Waals surface area contributed by atoms with Crippen LogP contribution in [0.2, 0.25) is 0 Å². The van der Waals surface area contributed by atoms with Crippen LogP contribution in [-0.2, 0) is 19.2 Å². The van der Waals surface area contributed by atoms with E-state index < -0.39 is 12.1 Å². The number of carbonyl (C=O) groups is 4. The quantitative estimate of drug-likeness (QED) is 0.0939. The normalized spacial score (nSPS) is 17.0. The lowest BCUT2D eigenvalue weighted by atomic mass is 10.00. The summed E-state index contributed by atoms with van der Waals surface area (Å²) in [5.74, 6) is -0.628. The lowest BCUT2D eigenvalue weighted by Gasteiger charge is -2.29. The predicted molar refractivity (Wildman–Crippen MR) is 264 cm³/mol. The van der Waals surface area contributed by atoms with Gasteiger partial charge in [0.05, 0.1) is 21.8 Å². The summed E-state index contributed by atoms with van der Waals surface area (Å²) in [4.78, 5) is 70.7. The molecule has 10 nitrogen and oxygen atoms in total. The molecule has 8 rings (SSSR count). The standard InChI is InChI=1S/C54H60N6O4S2/c1-5-35(6-2)49(61)57-47(41-17-11-9-12-18-41)53(63)59-31-15-21-43(59)51-55-33-45(65-51)39-27-23-37(24-28-39)38-25-29-40(30-26-38)46-34-56-52(66-46)44-22-16-32-60(44)54(64)48(42-19-13-10-14-20-42)58-50(62)36(7-3)8-4/h9-14,17-20,23-30,33-36,43-44,47-48H,5-8,15-16,21-22,31-32H2,1-4H3,(H,57,61)(H,58,62)/t43-,44-,47-,48+/m0/s1. The van der Waals surface area contributed by atoms with E-state index >= 15 is 0 Å². The van der Waals surface area contributed by atoms with Crippen molar-refractivity contribution in [1.29, 1.82) is 0 Å². The number of thiazole rings is 2. The van der Waals surface area contributed by atoms with E-state index in [1.165, 1.54) is 0 Å². The van der Waals surface area contributed by atoms with E-state index in [4.69, 9.17) is 9.97 Å². The summed E-state index contributed by atoms with van der Waals surface area (Å²) in [6.07, 6.45) is 10.1. The van der Waals surface area contributed by atoms with Gasteiger partial charge in [0.15, 0.2) is 0 Å². The third kappa shape index (κ3) is 10.2. The first kappa shape index (κ1) is 46.5. The van der Waals surface area contributed by atoms with Gasteiger partial charge in [-0.1, -0.05) is 137 Å². The maximum Gasteiger partial charge on any atom is 0.250 e. The summed E-state index contributed by atoms with van der Waals surface area (Å²) in [7, 11) is 0. The molecular weight excluding hydrogens is 861 g/mol. The van der Waals surface area contributed by atoms with Gasteiger partial charge < -0.3 is 20.4 Å². The van der Waals surface area contributed by atoms with Gasteiger partial charge in [0.2, 0.25) is 23.6 Å². The zero-order valence-electron chi connectivity index (χ0n) is 38.3. The van der Waals surface area contributed by atoms with Crippen LogP contribution in [0, 0.1) is 11.8 Å². The summed E-state index contributed by atoms with van der Waals surface area (Å²) in [5, 5.41) is 8.03. The predicted octanol–water partition coefficient (Wildman–Crippen LogP) is 11.5. The van der Waals surface area contributed by atoms with Crippen LogP contribution in [0.1, 0.15) is 124 Å². The SMILES string of the molecule is CCC(CC)C(=O)N[C@H](C(=O)N1CCC[C@H]1c1ncc(-c2ccc(-c3ccc(-c4cnc([C@@H]5CCCN5C(=O)[C@H](NC(=O)C(CC)CC)c5ccccc5)s4)cc3)cc2)s1)c1ccccc1. The summed E-state index contributed by atoms with van der Waals surface area (Å²) in [6.45, 7) is 9.27. The fourth-order valence-electron chi connectivity index (χ4n) is 9.42. The third-order valence-corrected chi connectivity index (χ3v) is 15.7. The molecular formula is C54H60N6O4S2. The lowest BCUT2D eigenvalue weighted by Crippen LogP contribution is -2.44. The van der Waals surface area contributed by atoms with Crippen molar-refractivity contribution in [2.24, 2.45) is 11.8 Å². The first-order valence-corrected chi connectivity index (χ1v) is 25.3. The minimum Gasteiger partial charge on any atom is -0.340 e. The van der Waals surface area contributed by atoms with Gasteiger partial charge in [0.25, 0.3) is 0 Å². The van der Waals surface area contributed by atoms with Gasteiger partial charge in [-0.2, -0.15) is 0 Å². The molecule has 2 aliphatic rings. The van der Waals surface area contributed by atoms with Crippen molar-refractivity contribution in [1.82, 2.24) is 30.4 Å². The van der Waals surface area contributed by atoms with Crippen LogP contribution in [-0.4, -0.2) is 56.5 Å². The van der Waals surface area contributed by atoms with Gasteiger partial charge >= 0.3 is 0 Å². The largest absolute Gasteiger partial charge is 0.340 e. The van der Waals surface area contributed by atoms with E-state index in [1.807, 2.05) is 111 Å². The number of rotatable bonds is 17. The highest BCUT2D eigenvalue weighted by Gasteiger charge is 2.39. The number of amides is 4. The molecule has 2 fully saturated rings. The Morgan fingerprint density at radius 1 is 0.530 bits per heavy atom. The van der Waals surface area contributed by atoms with Crippen molar-refractivity contribution >= 4 is 46.3 Å². The zero-order valence-corrected chi connectivity index (χ0v) is 40.0. The van der Waals surface area contributed by atoms with E-state index in [0.29, 0.717) is 13.1 Å². The van der Waals surface area contributed by atoms with Gasteiger partial charge in [0, 0.05) is 37.3 Å². The maximum atomic E-state index is 14.3. The summed E-state index contributed by atoms with van der Waals surface area (Å²) >= 11 is 3.24. The molecule has 4 atom stereocenters. The number of carbonyl (C=O) groups excluding carboxylic acids is 4. The summed E-state index contributed by atoms with van der Waals surface area (Å²) in [5.41, 5.74) is 5.90. The molecule has 0 radical (unpaired) electrons. The smallest absolute Gasteiger partial charge is 0.250 e. The lowest BCUT2D eigenvalue weighted by molar-refractivity contribution is -0.138. The highest BCUT2D eigenvalue weighted by atomic mass is 32.1. The molecule has 4 aromatic carbocycles. The number of hydrogen-bond acceptors (Lipinski definition) is 8. The Labute approximate surface area is 396 Å². The number of benzene rings is 4. The van der Waals surface area contributed by atoms with Crippen molar-refractivity contribution in [2.75, 3.05) is 13.1 Å². The Hall–Kier alpha value is -5.98. The number of likely N-dealkylation sites (tertiary alicyclic amines) is 2. The average molecular weight is 921 g/mol. The second-order valence-electron chi connectivity index (χ2n) is 17.4. The summed E-state index contributed by atoms with van der Waals surface area (Å²) in [6, 6.07) is 34.4. The Balaban J connectivity index is 0.926. The van der Waals surface area contributed by atoms with Crippen LogP contribution in [0.4, 0.5) is 0 Å². The number of hydrogen-bond donors (Lipinski definition) is 2. The molecule has 2 aromatic heterocycles. The second-order valence-corrected chi connectivity index (χ2v) is 19.5. The van der Waals surface area contributed by atoms with E-state index in [-0.39, 0.29) is 47.5 Å². The van der Waals surface area contributed by atoms with Gasteiger partial charge in [-0.3, -0.25) is 19.2 Å². The Morgan fingerprint density at radius 2 is 0.879 bits per heavy atom. The second kappa shape index (κ2) is 21.5. The molecule has 0 aliphatic carbocycles. The molecule has 66 heavy (non-hydrogen) atoms. The average Bonchev–Trinajstić information content (AvgIpc) is 4.22. The van der Waals surface area contributed by atoms with Crippen LogP contribution in [0.15, 0.2) is 122 Å². The fraction of sp³-hybridized carbons (Fsp3) is 0.370. The topological polar surface area (TPSA) is 125 Å². The van der Waals surface area contributed by atoms with Crippen molar-refractivity contribution < 1.29 is 19.2 Å². The molecule has 12 heteroatoms. The third-order valence-electron chi connectivity index (χ3n) is 13.4. The van der Waals surface area contributed by atoms with Crippen LogP contribution in [0.25, 0.3) is 32.0 Å². The van der Waals surface area contributed by atoms with Gasteiger partial charge in [-0.05, 0) is 84.7 Å². The molecule has 4 heterocycles. The first-order chi connectivity index (χ1) is 32.2. The minimum absolute atomic E-state index is 0.0837. The van der Waals surface area contributed by atoms with E-state index in [2.05, 4.69) is 59.2 Å². The molecule has 0 bridgehead atoms. The minimum atomic E-state index is -0.749. The van der Waals surface area contributed by atoms with Crippen molar-refractivity contribution in [3.63, 3.8) is 0 Å². The molecule has 2 aliphatic heterocycles. The molecule has 4 amide bonds. The molecule has 6 aromatic rings. The van der Waals surface area contributed by atoms with E-state index in [1.54, 1.807) is 22.7 Å². The van der Waals surface area contributed by atoms with E-state index in [0.717, 1.165) is 105 Å². The highest BCUT2D eigenvalue weighted by Crippen LogP contribution is 2.41. The number of aromatic nitrogens is 2. The van der Waals surface area contributed by atoms with Crippen molar-refractivity contribution in [2.45, 2.75) is 103 Å². The molecule has 342 valence electrons. The Morgan fingerprint density at radius 3 is 1.23 bits per heavy atom. The molecule has 0 unspecified atom stereocenters. The van der Waals surface area contributed by atoms with Crippen LogP contribution < -0.4 is 10.6 Å². The zero-order chi connectivity index (χ0) is 46.2. The van der Waals surface area contributed by atoms with Gasteiger partial charge in [-0.15, -0.1) is 22.7 Å². The van der Waals surface area contributed by atoms with E-state index in [9.17, 15) is 19.2 Å². The molecule has 2 saturated heterocycles. The fourth-order valence-corrected chi connectivity index (χ4v) is 11.6. The molecule has 0 spiro atoms. The Kier molecular flexibility index (Phi) is 15.2. The number of nitrogens with one attached hydrogen (secondary N) is 2. The molecule has 0 saturated carbocycles. The van der Waals surface area contributed by atoms with Crippen LogP contribution in [0.3, 0.4) is 0 Å². The van der Waals surface area contributed by atoms with Crippen LogP contribution in [0.5, 0.6) is 0 Å².